The fourth-order valence-corrected chi connectivity index (χ4v) is 4.19. The molecule has 1 atom stereocenters. The van der Waals surface area contributed by atoms with Crippen molar-refractivity contribution in [2.24, 2.45) is 5.92 Å². The first-order chi connectivity index (χ1) is 16.7. The largest absolute Gasteiger partial charge is 0.454 e. The number of carbonyl (C=O) groups excluding carboxylic acids is 1. The zero-order chi connectivity index (χ0) is 23.8. The monoisotopic (exact) mass is 462 g/mol. The molecular weight excluding hydrogens is 428 g/mol. The predicted octanol–water partition coefficient (Wildman–Crippen LogP) is 5.98. The van der Waals surface area contributed by atoms with Crippen molar-refractivity contribution in [1.29, 1.82) is 0 Å². The molecule has 3 aromatic rings. The fraction of sp³-hybridized carbons (Fsp3) is 0.429. The average Bonchev–Trinajstić information content (AvgIpc) is 3.35. The van der Waals surface area contributed by atoms with Gasteiger partial charge in [0, 0.05) is 30.7 Å². The summed E-state index contributed by atoms with van der Waals surface area (Å²) >= 11 is 0. The van der Waals surface area contributed by atoms with Crippen LogP contribution in [-0.4, -0.2) is 37.4 Å². The number of nitrogens with one attached hydrogen (secondary N) is 1. The molecule has 0 saturated heterocycles. The third-order valence-electron chi connectivity index (χ3n) is 6.28. The highest BCUT2D eigenvalue weighted by molar-refractivity contribution is 6.07. The van der Waals surface area contributed by atoms with Crippen LogP contribution in [0.1, 0.15) is 56.3 Å². The van der Waals surface area contributed by atoms with E-state index < -0.39 is 0 Å². The third kappa shape index (κ3) is 5.86. The molecule has 2 heterocycles. The van der Waals surface area contributed by atoms with Gasteiger partial charge in [-0.3, -0.25) is 4.79 Å². The summed E-state index contributed by atoms with van der Waals surface area (Å²) in [5.41, 5.74) is 3.00. The Labute approximate surface area is 201 Å². The van der Waals surface area contributed by atoms with E-state index >= 15 is 0 Å². The minimum Gasteiger partial charge on any atom is -0.454 e. The second kappa shape index (κ2) is 11.8. The Bertz CT molecular complexity index is 1110. The van der Waals surface area contributed by atoms with E-state index in [1.54, 1.807) is 0 Å². The predicted molar refractivity (Wildman–Crippen MR) is 134 cm³/mol. The van der Waals surface area contributed by atoms with Crippen molar-refractivity contribution in [2.75, 3.05) is 26.6 Å². The van der Waals surface area contributed by atoms with Crippen LogP contribution in [0.15, 0.2) is 48.5 Å². The summed E-state index contributed by atoms with van der Waals surface area (Å²) in [6, 6.07) is 15.3. The van der Waals surface area contributed by atoms with Crippen LogP contribution in [0.3, 0.4) is 0 Å². The Hall–Kier alpha value is -3.12. The summed E-state index contributed by atoms with van der Waals surface area (Å²) in [6.07, 6.45) is 5.64. The first kappa shape index (κ1) is 24.0. The summed E-state index contributed by atoms with van der Waals surface area (Å²) in [4.78, 5) is 17.9. The second-order valence-electron chi connectivity index (χ2n) is 8.74. The molecule has 6 nitrogen and oxygen atoms in total. The molecule has 0 bridgehead atoms. The molecular formula is C28H34N2O4. The van der Waals surface area contributed by atoms with Gasteiger partial charge in [0.15, 0.2) is 11.5 Å². The second-order valence-corrected chi connectivity index (χ2v) is 8.74. The maximum absolute atomic E-state index is 13.1. The van der Waals surface area contributed by atoms with Gasteiger partial charge in [-0.05, 0) is 49.1 Å². The first-order valence-corrected chi connectivity index (χ1v) is 12.3. The van der Waals surface area contributed by atoms with E-state index in [1.165, 1.54) is 19.3 Å². The lowest BCUT2D eigenvalue weighted by atomic mass is 10.0. The summed E-state index contributed by atoms with van der Waals surface area (Å²) in [6.45, 7) is 6.70. The molecule has 180 valence electrons. The molecule has 0 radical (unpaired) electrons. The molecule has 1 unspecified atom stereocenters. The topological polar surface area (TPSA) is 69.7 Å². The maximum atomic E-state index is 13.1. The first-order valence-electron chi connectivity index (χ1n) is 12.3. The Kier molecular flexibility index (Phi) is 8.36. The van der Waals surface area contributed by atoms with Gasteiger partial charge in [0.25, 0.3) is 5.91 Å². The lowest BCUT2D eigenvalue weighted by Gasteiger charge is -2.15. The zero-order valence-electron chi connectivity index (χ0n) is 20.1. The number of para-hydroxylation sites is 1. The number of ether oxygens (including phenoxy) is 3. The standard InChI is InChI=1S/C28H34N2O4/c1-3-5-9-20(4-2)18-32-15-8-14-29-28(31)23-17-25(30-24-11-7-6-10-22(23)24)21-12-13-26-27(16-21)34-19-33-26/h6-7,10-13,16-17,20H,3-5,8-9,14-15,18-19H2,1-2H3,(H,29,31). The minimum absolute atomic E-state index is 0.102. The van der Waals surface area contributed by atoms with E-state index in [1.807, 2.05) is 48.5 Å². The van der Waals surface area contributed by atoms with Gasteiger partial charge in [-0.1, -0.05) is 51.3 Å². The summed E-state index contributed by atoms with van der Waals surface area (Å²) in [7, 11) is 0. The SMILES string of the molecule is CCCCC(CC)COCCCNC(=O)c1cc(-c2ccc3c(c2)OCO3)nc2ccccc12. The number of benzene rings is 2. The van der Waals surface area contributed by atoms with Gasteiger partial charge in [0.2, 0.25) is 6.79 Å². The highest BCUT2D eigenvalue weighted by atomic mass is 16.7. The highest BCUT2D eigenvalue weighted by Gasteiger charge is 2.17. The van der Waals surface area contributed by atoms with Crippen molar-refractivity contribution in [3.8, 4) is 22.8 Å². The number of pyridine rings is 1. The molecule has 1 N–H and O–H groups in total. The average molecular weight is 463 g/mol. The molecule has 1 aliphatic rings. The summed E-state index contributed by atoms with van der Waals surface area (Å²) < 4.78 is 16.8. The minimum atomic E-state index is -0.102. The van der Waals surface area contributed by atoms with Crippen LogP contribution < -0.4 is 14.8 Å². The van der Waals surface area contributed by atoms with Crippen LogP contribution in [0.2, 0.25) is 0 Å². The van der Waals surface area contributed by atoms with Gasteiger partial charge in [-0.15, -0.1) is 0 Å². The number of rotatable bonds is 12. The highest BCUT2D eigenvalue weighted by Crippen LogP contribution is 2.36. The third-order valence-corrected chi connectivity index (χ3v) is 6.28. The molecule has 2 aromatic carbocycles. The number of hydrogen-bond donors (Lipinski definition) is 1. The van der Waals surface area contributed by atoms with E-state index in [0.29, 0.717) is 30.4 Å². The van der Waals surface area contributed by atoms with Crippen LogP contribution >= 0.6 is 0 Å². The van der Waals surface area contributed by atoms with E-state index in [0.717, 1.165) is 47.4 Å². The van der Waals surface area contributed by atoms with Crippen molar-refractivity contribution in [3.63, 3.8) is 0 Å². The number of nitrogens with zero attached hydrogens (tertiary/aromatic N) is 1. The van der Waals surface area contributed by atoms with Crippen LogP contribution in [0.25, 0.3) is 22.2 Å². The quantitative estimate of drug-likeness (QED) is 0.335. The lowest BCUT2D eigenvalue weighted by molar-refractivity contribution is 0.0876. The fourth-order valence-electron chi connectivity index (χ4n) is 4.19. The molecule has 4 rings (SSSR count). The van der Waals surface area contributed by atoms with Crippen molar-refractivity contribution >= 4 is 16.8 Å². The van der Waals surface area contributed by atoms with Gasteiger partial charge < -0.3 is 19.5 Å². The Morgan fingerprint density at radius 3 is 2.79 bits per heavy atom. The summed E-state index contributed by atoms with van der Waals surface area (Å²) in [5, 5.41) is 3.89. The van der Waals surface area contributed by atoms with E-state index in [4.69, 9.17) is 19.2 Å². The van der Waals surface area contributed by atoms with Gasteiger partial charge >= 0.3 is 0 Å². The molecule has 34 heavy (non-hydrogen) atoms. The normalized spacial score (nSPS) is 13.2. The number of carbonyl (C=O) groups is 1. The van der Waals surface area contributed by atoms with Gasteiger partial charge in [-0.25, -0.2) is 4.98 Å². The number of fused-ring (bicyclic) bond motifs is 2. The van der Waals surface area contributed by atoms with Crippen LogP contribution in [0.4, 0.5) is 0 Å². The molecule has 1 aromatic heterocycles. The molecule has 0 fully saturated rings. The Morgan fingerprint density at radius 2 is 1.94 bits per heavy atom. The number of aromatic nitrogens is 1. The molecule has 0 spiro atoms. The van der Waals surface area contributed by atoms with Crippen LogP contribution in [0.5, 0.6) is 11.5 Å². The van der Waals surface area contributed by atoms with E-state index in [2.05, 4.69) is 19.2 Å². The molecule has 0 aliphatic carbocycles. The van der Waals surface area contributed by atoms with Crippen molar-refractivity contribution < 1.29 is 19.0 Å². The van der Waals surface area contributed by atoms with Crippen LogP contribution in [0, 0.1) is 5.92 Å². The number of amides is 1. The molecule has 1 aliphatic heterocycles. The number of hydrogen-bond acceptors (Lipinski definition) is 5. The van der Waals surface area contributed by atoms with Crippen molar-refractivity contribution in [2.45, 2.75) is 46.0 Å². The zero-order valence-corrected chi connectivity index (χ0v) is 20.1. The Morgan fingerprint density at radius 1 is 1.09 bits per heavy atom. The Balaban J connectivity index is 1.39. The van der Waals surface area contributed by atoms with E-state index in [-0.39, 0.29) is 12.7 Å². The smallest absolute Gasteiger partial charge is 0.252 e. The van der Waals surface area contributed by atoms with Crippen LogP contribution in [-0.2, 0) is 4.74 Å². The van der Waals surface area contributed by atoms with Crippen molar-refractivity contribution in [3.05, 3.63) is 54.1 Å². The molecule has 6 heteroatoms. The maximum Gasteiger partial charge on any atom is 0.252 e. The molecule has 0 saturated carbocycles. The van der Waals surface area contributed by atoms with Gasteiger partial charge in [-0.2, -0.15) is 0 Å². The van der Waals surface area contributed by atoms with E-state index in [9.17, 15) is 4.79 Å². The number of unbranched alkanes of at least 4 members (excludes halogenated alkanes) is 1. The van der Waals surface area contributed by atoms with Gasteiger partial charge in [0.1, 0.15) is 0 Å². The van der Waals surface area contributed by atoms with Gasteiger partial charge in [0.05, 0.1) is 16.8 Å². The summed E-state index contributed by atoms with van der Waals surface area (Å²) in [5.74, 6) is 1.95. The lowest BCUT2D eigenvalue weighted by Crippen LogP contribution is -2.26. The van der Waals surface area contributed by atoms with Crippen molar-refractivity contribution in [1.82, 2.24) is 10.3 Å². The molecule has 1 amide bonds.